The van der Waals surface area contributed by atoms with Crippen LogP contribution in [0.25, 0.3) is 0 Å². The number of hydrogen-bond acceptors (Lipinski definition) is 3. The highest BCUT2D eigenvalue weighted by Gasteiger charge is 2.29. The second-order valence-corrected chi connectivity index (χ2v) is 8.55. The number of halogens is 1. The summed E-state index contributed by atoms with van der Waals surface area (Å²) in [4.78, 5) is 19.7. The Morgan fingerprint density at radius 3 is 2.67 bits per heavy atom. The molecule has 1 saturated heterocycles. The van der Waals surface area contributed by atoms with Crippen LogP contribution in [0.1, 0.15) is 47.4 Å². The van der Waals surface area contributed by atoms with E-state index in [9.17, 15) is 9.18 Å². The maximum atomic E-state index is 13.0. The highest BCUT2D eigenvalue weighted by atomic mass is 32.1. The third-order valence-electron chi connectivity index (χ3n) is 4.37. The van der Waals surface area contributed by atoms with Crippen LogP contribution in [0, 0.1) is 11.7 Å². The highest BCUT2D eigenvalue weighted by Crippen LogP contribution is 2.29. The lowest BCUT2D eigenvalue weighted by molar-refractivity contribution is 0.0791. The fourth-order valence-electron chi connectivity index (χ4n) is 3.01. The second kappa shape index (κ2) is 6.63. The summed E-state index contributed by atoms with van der Waals surface area (Å²) in [5.74, 6) is 0.320. The van der Waals surface area contributed by atoms with Gasteiger partial charge in [-0.25, -0.2) is 9.37 Å². The maximum Gasteiger partial charge on any atom is 0.265 e. The number of carbonyl (C=O) groups excluding carboxylic acids is 1. The number of amides is 1. The van der Waals surface area contributed by atoms with E-state index in [0.717, 1.165) is 41.4 Å². The normalized spacial score (nSPS) is 18.2. The maximum absolute atomic E-state index is 13.0. The van der Waals surface area contributed by atoms with Crippen LogP contribution >= 0.6 is 11.3 Å². The van der Waals surface area contributed by atoms with Crippen LogP contribution in [-0.4, -0.2) is 28.9 Å². The van der Waals surface area contributed by atoms with E-state index in [4.69, 9.17) is 0 Å². The predicted molar refractivity (Wildman–Crippen MR) is 94.9 cm³/mol. The third-order valence-corrected chi connectivity index (χ3v) is 5.78. The van der Waals surface area contributed by atoms with E-state index in [-0.39, 0.29) is 17.1 Å². The van der Waals surface area contributed by atoms with Crippen LogP contribution in [0.2, 0.25) is 0 Å². The van der Waals surface area contributed by atoms with Crippen molar-refractivity contribution in [1.82, 2.24) is 9.88 Å². The molecule has 3 rings (SSSR count). The van der Waals surface area contributed by atoms with Gasteiger partial charge in [0.2, 0.25) is 0 Å². The molecule has 0 radical (unpaired) electrons. The molecule has 128 valence electrons. The van der Waals surface area contributed by atoms with E-state index in [2.05, 4.69) is 25.8 Å². The zero-order chi connectivity index (χ0) is 17.3. The number of benzene rings is 1. The molecule has 1 fully saturated rings. The third kappa shape index (κ3) is 3.83. The summed E-state index contributed by atoms with van der Waals surface area (Å²) >= 11 is 1.50. The smallest absolute Gasteiger partial charge is 0.265 e. The lowest BCUT2D eigenvalue weighted by atomic mass is 9.98. The van der Waals surface area contributed by atoms with Gasteiger partial charge in [0.15, 0.2) is 0 Å². The van der Waals surface area contributed by atoms with Gasteiger partial charge in [0.1, 0.15) is 10.7 Å². The molecular weight excluding hydrogens is 323 g/mol. The molecule has 2 heterocycles. The monoisotopic (exact) mass is 346 g/mol. The van der Waals surface area contributed by atoms with Gasteiger partial charge in [0, 0.05) is 18.5 Å². The molecule has 1 aliphatic heterocycles. The van der Waals surface area contributed by atoms with Gasteiger partial charge in [-0.05, 0) is 36.5 Å². The summed E-state index contributed by atoms with van der Waals surface area (Å²) in [7, 11) is 0. The van der Waals surface area contributed by atoms with Crippen LogP contribution in [-0.2, 0) is 11.8 Å². The van der Waals surface area contributed by atoms with Crippen LogP contribution in [0.15, 0.2) is 30.5 Å². The molecule has 1 atom stereocenters. The molecule has 0 aliphatic carbocycles. The molecular formula is C19H23FN2OS. The molecule has 0 bridgehead atoms. The lowest BCUT2D eigenvalue weighted by Crippen LogP contribution is -2.28. The van der Waals surface area contributed by atoms with Gasteiger partial charge in [-0.3, -0.25) is 4.79 Å². The van der Waals surface area contributed by atoms with Gasteiger partial charge in [0.05, 0.1) is 11.2 Å². The Morgan fingerprint density at radius 1 is 1.33 bits per heavy atom. The highest BCUT2D eigenvalue weighted by molar-refractivity contribution is 7.13. The number of hydrogen-bond donors (Lipinski definition) is 0. The van der Waals surface area contributed by atoms with Crippen molar-refractivity contribution in [2.45, 2.75) is 39.0 Å². The molecule has 1 aromatic heterocycles. The van der Waals surface area contributed by atoms with E-state index in [1.54, 1.807) is 6.20 Å². The standard InChI is InChI=1S/C19H23FN2OS/c1-19(2,3)18-21-11-16(24-18)17(23)22-9-8-14(12-22)10-13-4-6-15(20)7-5-13/h4-7,11,14H,8-10,12H2,1-3H3. The molecule has 1 aliphatic rings. The average molecular weight is 346 g/mol. The molecule has 0 N–H and O–H groups in total. The Labute approximate surface area is 146 Å². The zero-order valence-electron chi connectivity index (χ0n) is 14.4. The summed E-state index contributed by atoms with van der Waals surface area (Å²) < 4.78 is 13.0. The minimum atomic E-state index is -0.207. The Hall–Kier alpha value is -1.75. The van der Waals surface area contributed by atoms with Gasteiger partial charge in [-0.1, -0.05) is 32.9 Å². The first kappa shape index (κ1) is 17.1. The first-order valence-electron chi connectivity index (χ1n) is 8.33. The van der Waals surface area contributed by atoms with Crippen molar-refractivity contribution < 1.29 is 9.18 Å². The Balaban J connectivity index is 1.61. The number of rotatable bonds is 3. The van der Waals surface area contributed by atoms with Crippen molar-refractivity contribution in [1.29, 1.82) is 0 Å². The molecule has 1 unspecified atom stereocenters. The van der Waals surface area contributed by atoms with Gasteiger partial charge in [0.25, 0.3) is 5.91 Å². The average Bonchev–Trinajstić information content (AvgIpc) is 3.18. The molecule has 5 heteroatoms. The van der Waals surface area contributed by atoms with E-state index in [1.165, 1.54) is 23.5 Å². The van der Waals surface area contributed by atoms with Crippen molar-refractivity contribution in [2.24, 2.45) is 5.92 Å². The van der Waals surface area contributed by atoms with E-state index >= 15 is 0 Å². The van der Waals surface area contributed by atoms with E-state index in [0.29, 0.717) is 5.92 Å². The summed E-state index contributed by atoms with van der Waals surface area (Å²) in [6, 6.07) is 6.66. The van der Waals surface area contributed by atoms with Gasteiger partial charge in [-0.15, -0.1) is 11.3 Å². The molecule has 2 aromatic rings. The van der Waals surface area contributed by atoms with Crippen LogP contribution in [0.5, 0.6) is 0 Å². The fourth-order valence-corrected chi connectivity index (χ4v) is 3.95. The van der Waals surface area contributed by atoms with Crippen molar-refractivity contribution in [3.05, 3.63) is 51.7 Å². The minimum absolute atomic E-state index is 0.0284. The minimum Gasteiger partial charge on any atom is -0.338 e. The Morgan fingerprint density at radius 2 is 2.04 bits per heavy atom. The zero-order valence-corrected chi connectivity index (χ0v) is 15.2. The van der Waals surface area contributed by atoms with Crippen molar-refractivity contribution >= 4 is 17.2 Å². The number of carbonyl (C=O) groups is 1. The van der Waals surface area contributed by atoms with Gasteiger partial charge in [-0.2, -0.15) is 0 Å². The first-order valence-corrected chi connectivity index (χ1v) is 9.14. The van der Waals surface area contributed by atoms with Crippen molar-refractivity contribution in [3.63, 3.8) is 0 Å². The largest absolute Gasteiger partial charge is 0.338 e. The second-order valence-electron chi connectivity index (χ2n) is 7.52. The van der Waals surface area contributed by atoms with Crippen LogP contribution < -0.4 is 0 Å². The SMILES string of the molecule is CC(C)(C)c1ncc(C(=O)N2CCC(Cc3ccc(F)cc3)C2)s1. The van der Waals surface area contributed by atoms with Crippen molar-refractivity contribution in [3.8, 4) is 0 Å². The number of likely N-dealkylation sites (tertiary alicyclic amines) is 1. The van der Waals surface area contributed by atoms with Crippen LogP contribution in [0.4, 0.5) is 4.39 Å². The quantitative estimate of drug-likeness (QED) is 0.831. The Bertz CT molecular complexity index is 718. The molecule has 3 nitrogen and oxygen atoms in total. The predicted octanol–water partition coefficient (Wildman–Crippen LogP) is 4.28. The van der Waals surface area contributed by atoms with Crippen molar-refractivity contribution in [2.75, 3.05) is 13.1 Å². The Kier molecular flexibility index (Phi) is 4.72. The van der Waals surface area contributed by atoms with Crippen LogP contribution in [0.3, 0.4) is 0 Å². The number of aromatic nitrogens is 1. The summed E-state index contributed by atoms with van der Waals surface area (Å²) in [5.41, 5.74) is 1.10. The lowest BCUT2D eigenvalue weighted by Gasteiger charge is -2.16. The van der Waals surface area contributed by atoms with E-state index in [1.807, 2.05) is 17.0 Å². The van der Waals surface area contributed by atoms with E-state index < -0.39 is 0 Å². The number of thiazole rings is 1. The molecule has 24 heavy (non-hydrogen) atoms. The molecule has 0 saturated carbocycles. The molecule has 1 amide bonds. The molecule has 0 spiro atoms. The summed E-state index contributed by atoms with van der Waals surface area (Å²) in [5, 5.41) is 0.993. The summed E-state index contributed by atoms with van der Waals surface area (Å²) in [6.45, 7) is 7.87. The topological polar surface area (TPSA) is 33.2 Å². The van der Waals surface area contributed by atoms with Gasteiger partial charge >= 0.3 is 0 Å². The summed E-state index contributed by atoms with van der Waals surface area (Å²) in [6.07, 6.45) is 3.59. The number of nitrogens with zero attached hydrogens (tertiary/aromatic N) is 2. The fraction of sp³-hybridized carbons (Fsp3) is 0.474. The first-order chi connectivity index (χ1) is 11.3. The molecule has 1 aromatic carbocycles. The van der Waals surface area contributed by atoms with Gasteiger partial charge < -0.3 is 4.90 Å².